The number of rotatable bonds is 3. The van der Waals surface area contributed by atoms with Gasteiger partial charge in [-0.1, -0.05) is 31.5 Å². The summed E-state index contributed by atoms with van der Waals surface area (Å²) in [5, 5.41) is 3.09. The molecular weight excluding hydrogens is 208 g/mol. The number of amides is 1. The van der Waals surface area contributed by atoms with Gasteiger partial charge in [-0.15, -0.1) is 0 Å². The fourth-order valence-electron chi connectivity index (χ4n) is 2.27. The van der Waals surface area contributed by atoms with Crippen LogP contribution in [0.25, 0.3) is 0 Å². The predicted molar refractivity (Wildman–Crippen MR) is 63.5 cm³/mol. The van der Waals surface area contributed by atoms with Crippen molar-refractivity contribution in [1.29, 1.82) is 0 Å². The van der Waals surface area contributed by atoms with Gasteiger partial charge < -0.3 is 11.1 Å². The molecule has 3 N–H and O–H groups in total. The second-order valence-electron chi connectivity index (χ2n) is 4.77. The minimum Gasteiger partial charge on any atom is -0.391 e. The Morgan fingerprint density at radius 2 is 1.87 bits per heavy atom. The van der Waals surface area contributed by atoms with Crippen LogP contribution in [0.15, 0.2) is 0 Å². The third-order valence-corrected chi connectivity index (χ3v) is 3.88. The van der Waals surface area contributed by atoms with E-state index in [1.165, 1.54) is 6.42 Å². The third-order valence-electron chi connectivity index (χ3n) is 3.49. The van der Waals surface area contributed by atoms with Crippen LogP contribution in [-0.2, 0) is 4.79 Å². The van der Waals surface area contributed by atoms with E-state index in [2.05, 4.69) is 5.32 Å². The highest BCUT2D eigenvalue weighted by atomic mass is 32.1. The molecule has 2 aliphatic rings. The van der Waals surface area contributed by atoms with E-state index < -0.39 is 0 Å². The number of carbonyl (C=O) groups excluding carboxylic acids is 1. The second-order valence-corrected chi connectivity index (χ2v) is 5.21. The van der Waals surface area contributed by atoms with Crippen LogP contribution in [0.3, 0.4) is 0 Å². The quantitative estimate of drug-likeness (QED) is 0.717. The molecule has 1 amide bonds. The van der Waals surface area contributed by atoms with Gasteiger partial charge in [0.05, 0.1) is 10.5 Å². The van der Waals surface area contributed by atoms with Crippen molar-refractivity contribution in [3.63, 3.8) is 0 Å². The van der Waals surface area contributed by atoms with Crippen molar-refractivity contribution in [2.75, 3.05) is 0 Å². The highest BCUT2D eigenvalue weighted by Crippen LogP contribution is 2.33. The Morgan fingerprint density at radius 3 is 2.33 bits per heavy atom. The summed E-state index contributed by atoms with van der Waals surface area (Å²) in [6.07, 6.45) is 7.34. The zero-order chi connectivity index (χ0) is 10.9. The summed E-state index contributed by atoms with van der Waals surface area (Å²) in [7, 11) is 0. The lowest BCUT2D eigenvalue weighted by atomic mass is 9.81. The number of nitrogens with two attached hydrogens (primary N) is 1. The van der Waals surface area contributed by atoms with Gasteiger partial charge in [-0.05, 0) is 25.7 Å². The molecule has 2 rings (SSSR count). The molecule has 0 bridgehead atoms. The van der Waals surface area contributed by atoms with Crippen molar-refractivity contribution in [2.45, 2.75) is 50.5 Å². The van der Waals surface area contributed by atoms with E-state index in [0.29, 0.717) is 4.99 Å². The molecule has 0 aromatic rings. The standard InChI is InChI=1S/C11H18N2OS/c12-10(15)11(6-2-1-3-7-11)13-9(14)8-4-5-8/h8H,1-7H2,(H2,12,15)(H,13,14). The van der Waals surface area contributed by atoms with Gasteiger partial charge in [-0.3, -0.25) is 4.79 Å². The first-order chi connectivity index (χ1) is 7.14. The molecule has 15 heavy (non-hydrogen) atoms. The van der Waals surface area contributed by atoms with Crippen LogP contribution in [0.5, 0.6) is 0 Å². The number of thiocarbonyl (C=S) groups is 1. The zero-order valence-electron chi connectivity index (χ0n) is 8.92. The van der Waals surface area contributed by atoms with E-state index in [1.807, 2.05) is 0 Å². The fraction of sp³-hybridized carbons (Fsp3) is 0.818. The Kier molecular flexibility index (Phi) is 2.96. The first-order valence-electron chi connectivity index (χ1n) is 5.76. The molecule has 0 saturated heterocycles. The zero-order valence-corrected chi connectivity index (χ0v) is 9.74. The maximum absolute atomic E-state index is 11.8. The summed E-state index contributed by atoms with van der Waals surface area (Å²) in [6, 6.07) is 0. The van der Waals surface area contributed by atoms with Crippen LogP contribution < -0.4 is 11.1 Å². The van der Waals surface area contributed by atoms with Crippen LogP contribution in [0.1, 0.15) is 44.9 Å². The minimum atomic E-state index is -0.368. The highest BCUT2D eigenvalue weighted by molar-refractivity contribution is 7.80. The van der Waals surface area contributed by atoms with Crippen LogP contribution in [0, 0.1) is 5.92 Å². The summed E-state index contributed by atoms with van der Waals surface area (Å²) in [4.78, 5) is 12.2. The van der Waals surface area contributed by atoms with Crippen molar-refractivity contribution in [3.05, 3.63) is 0 Å². The molecule has 2 aliphatic carbocycles. The Balaban J connectivity index is 2.03. The van der Waals surface area contributed by atoms with Crippen LogP contribution >= 0.6 is 12.2 Å². The summed E-state index contributed by atoms with van der Waals surface area (Å²) in [6.45, 7) is 0. The van der Waals surface area contributed by atoms with Gasteiger partial charge in [0, 0.05) is 5.92 Å². The molecule has 3 nitrogen and oxygen atoms in total. The largest absolute Gasteiger partial charge is 0.391 e. The molecule has 0 aliphatic heterocycles. The lowest BCUT2D eigenvalue weighted by molar-refractivity contribution is -0.123. The fourth-order valence-corrected chi connectivity index (χ4v) is 2.53. The Hall–Kier alpha value is -0.640. The number of hydrogen-bond donors (Lipinski definition) is 2. The summed E-state index contributed by atoms with van der Waals surface area (Å²) < 4.78 is 0. The minimum absolute atomic E-state index is 0.157. The van der Waals surface area contributed by atoms with Gasteiger partial charge in [0.1, 0.15) is 0 Å². The van der Waals surface area contributed by atoms with Crippen molar-refractivity contribution in [1.82, 2.24) is 5.32 Å². The van der Waals surface area contributed by atoms with Gasteiger partial charge in [0.25, 0.3) is 0 Å². The molecule has 2 fully saturated rings. The van der Waals surface area contributed by atoms with Crippen molar-refractivity contribution in [2.24, 2.45) is 11.7 Å². The molecule has 0 unspecified atom stereocenters. The van der Waals surface area contributed by atoms with Gasteiger partial charge in [-0.25, -0.2) is 0 Å². The first-order valence-corrected chi connectivity index (χ1v) is 6.17. The van der Waals surface area contributed by atoms with Gasteiger partial charge >= 0.3 is 0 Å². The van der Waals surface area contributed by atoms with Gasteiger partial charge in [0.2, 0.25) is 5.91 Å². The van der Waals surface area contributed by atoms with Crippen molar-refractivity contribution >= 4 is 23.1 Å². The topological polar surface area (TPSA) is 55.1 Å². The number of hydrogen-bond acceptors (Lipinski definition) is 2. The average Bonchev–Trinajstić information content (AvgIpc) is 3.02. The van der Waals surface area contributed by atoms with Crippen LogP contribution in [0.4, 0.5) is 0 Å². The Bertz CT molecular complexity index is 280. The predicted octanol–water partition coefficient (Wildman–Crippen LogP) is 1.50. The SMILES string of the molecule is NC(=S)C1(NC(=O)C2CC2)CCCCC1. The van der Waals surface area contributed by atoms with E-state index in [9.17, 15) is 4.79 Å². The maximum atomic E-state index is 11.8. The molecule has 0 heterocycles. The summed E-state index contributed by atoms with van der Waals surface area (Å²) in [5.41, 5.74) is 5.42. The Labute approximate surface area is 95.8 Å². The molecule has 4 heteroatoms. The molecule has 0 atom stereocenters. The second kappa shape index (κ2) is 4.08. The molecular formula is C11H18N2OS. The van der Waals surface area contributed by atoms with E-state index >= 15 is 0 Å². The van der Waals surface area contributed by atoms with Crippen molar-refractivity contribution in [3.8, 4) is 0 Å². The third kappa shape index (κ3) is 2.30. The maximum Gasteiger partial charge on any atom is 0.223 e. The molecule has 0 aromatic carbocycles. The van der Waals surface area contributed by atoms with E-state index in [0.717, 1.165) is 38.5 Å². The van der Waals surface area contributed by atoms with E-state index in [1.54, 1.807) is 0 Å². The van der Waals surface area contributed by atoms with Gasteiger partial charge in [-0.2, -0.15) is 0 Å². The monoisotopic (exact) mass is 226 g/mol. The van der Waals surface area contributed by atoms with Gasteiger partial charge in [0.15, 0.2) is 0 Å². The number of carbonyl (C=O) groups is 1. The smallest absolute Gasteiger partial charge is 0.223 e. The summed E-state index contributed by atoms with van der Waals surface area (Å²) in [5.74, 6) is 0.392. The Morgan fingerprint density at radius 1 is 1.27 bits per heavy atom. The molecule has 0 aromatic heterocycles. The number of nitrogens with one attached hydrogen (secondary N) is 1. The first kappa shape index (κ1) is 10.9. The lowest BCUT2D eigenvalue weighted by Gasteiger charge is -2.37. The normalized spacial score (nSPS) is 24.5. The van der Waals surface area contributed by atoms with Crippen LogP contribution in [-0.4, -0.2) is 16.4 Å². The van der Waals surface area contributed by atoms with E-state index in [-0.39, 0.29) is 17.4 Å². The van der Waals surface area contributed by atoms with E-state index in [4.69, 9.17) is 18.0 Å². The molecule has 0 radical (unpaired) electrons. The average molecular weight is 226 g/mol. The molecule has 84 valence electrons. The molecule has 0 spiro atoms. The lowest BCUT2D eigenvalue weighted by Crippen LogP contribution is -2.58. The summed E-state index contributed by atoms with van der Waals surface area (Å²) >= 11 is 5.12. The van der Waals surface area contributed by atoms with Crippen molar-refractivity contribution < 1.29 is 4.79 Å². The molecule has 2 saturated carbocycles. The van der Waals surface area contributed by atoms with Crippen LogP contribution in [0.2, 0.25) is 0 Å². The highest BCUT2D eigenvalue weighted by Gasteiger charge is 2.40.